The summed E-state index contributed by atoms with van der Waals surface area (Å²) in [6.45, 7) is -0.405. The van der Waals surface area contributed by atoms with Crippen molar-refractivity contribution in [2.24, 2.45) is 5.73 Å². The highest BCUT2D eigenvalue weighted by atomic mass is 32.2. The van der Waals surface area contributed by atoms with Crippen LogP contribution in [-0.2, 0) is 46.3 Å². The van der Waals surface area contributed by atoms with Gasteiger partial charge in [-0.25, -0.2) is 28.6 Å². The van der Waals surface area contributed by atoms with Gasteiger partial charge in [-0.05, 0) is 44.6 Å². The van der Waals surface area contributed by atoms with E-state index in [9.17, 15) is 63.3 Å². The lowest BCUT2D eigenvalue weighted by Crippen LogP contribution is -2.46. The number of nitrogens with zero attached hydrogens (tertiary/aromatic N) is 5. The summed E-state index contributed by atoms with van der Waals surface area (Å²) in [5.41, 5.74) is 5.70. The van der Waals surface area contributed by atoms with Crippen molar-refractivity contribution in [3.8, 4) is 0 Å². The van der Waals surface area contributed by atoms with E-state index in [1.165, 1.54) is 46.3 Å². The second kappa shape index (κ2) is 28.4. The Morgan fingerprint density at radius 1 is 0.821 bits per heavy atom. The molecule has 78 heavy (non-hydrogen) atoms. The van der Waals surface area contributed by atoms with Crippen molar-refractivity contribution in [2.75, 3.05) is 50.5 Å². The van der Waals surface area contributed by atoms with Gasteiger partial charge in [-0.15, -0.1) is 0 Å². The predicted octanol–water partition coefficient (Wildman–Crippen LogP) is -1.62. The Morgan fingerprint density at radius 3 is 2.15 bits per heavy atom. The molecule has 4 aliphatic heterocycles. The lowest BCUT2D eigenvalue weighted by atomic mass is 10.0. The number of carbonyl (C=O) groups is 5. The largest absolute Gasteiger partial charge is 0.756 e. The molecule has 4 fully saturated rings. The fourth-order valence-electron chi connectivity index (χ4n) is 9.23. The SMILES string of the molecule is NC(=O)c1ccc[n+](C2OC(COP(=O)(O)OP(=O)([O-])OCC3OC(n4cnc5c(NCCNC(=O)CCCCCNC(=O)CCCCCNC(=O)CCCCC6SCC7NC(=O)NC76)ncnc54)C(O)C3O)C(O)C2O)c1. The van der Waals surface area contributed by atoms with E-state index in [1.54, 1.807) is 0 Å². The molecule has 33 heteroatoms. The number of primary amides is 1. The highest BCUT2D eigenvalue weighted by molar-refractivity contribution is 8.00. The number of unbranched alkanes of at least 4 members (excludes halogenated alkanes) is 5. The molecule has 0 aliphatic carbocycles. The number of rotatable bonds is 32. The third kappa shape index (κ3) is 17.0. The molecule has 0 spiro atoms. The van der Waals surface area contributed by atoms with Crippen molar-refractivity contribution < 1.29 is 90.7 Å². The van der Waals surface area contributed by atoms with Crippen LogP contribution in [0.4, 0.5) is 10.6 Å². The maximum absolute atomic E-state index is 12.6. The number of nitrogens with two attached hydrogens (primary N) is 1. The lowest BCUT2D eigenvalue weighted by molar-refractivity contribution is -0.765. The molecule has 13 unspecified atom stereocenters. The van der Waals surface area contributed by atoms with E-state index in [0.29, 0.717) is 37.6 Å². The first-order chi connectivity index (χ1) is 37.3. The second-order valence-corrected chi connectivity index (χ2v) is 23.4. The number of aliphatic hydroxyl groups is 4. The molecule has 13 N–H and O–H groups in total. The van der Waals surface area contributed by atoms with Gasteiger partial charge < -0.3 is 81.8 Å². The summed E-state index contributed by atoms with van der Waals surface area (Å²) >= 11 is 1.87. The number of hydrogen-bond acceptors (Lipinski definition) is 22. The summed E-state index contributed by atoms with van der Waals surface area (Å²) in [7, 11) is -11.2. The Balaban J connectivity index is 0.716. The number of pyridine rings is 1. The quantitative estimate of drug-likeness (QED) is 0.0145. The van der Waals surface area contributed by atoms with Gasteiger partial charge in [-0.1, -0.05) is 19.3 Å². The third-order valence-electron chi connectivity index (χ3n) is 13.3. The highest BCUT2D eigenvalue weighted by Crippen LogP contribution is 2.58. The van der Waals surface area contributed by atoms with Crippen molar-refractivity contribution in [2.45, 2.75) is 143 Å². The zero-order chi connectivity index (χ0) is 56.0. The van der Waals surface area contributed by atoms with Crippen LogP contribution < -0.4 is 47.1 Å². The van der Waals surface area contributed by atoms with Crippen LogP contribution in [0, 0.1) is 0 Å². The zero-order valence-electron chi connectivity index (χ0n) is 42.4. The summed E-state index contributed by atoms with van der Waals surface area (Å²) in [5.74, 6) is 0.241. The van der Waals surface area contributed by atoms with E-state index in [2.05, 4.69) is 51.2 Å². The van der Waals surface area contributed by atoms with Gasteiger partial charge in [0.05, 0.1) is 31.6 Å². The minimum absolute atomic E-state index is 0.0330. The van der Waals surface area contributed by atoms with Crippen LogP contribution in [0.15, 0.2) is 37.2 Å². The number of aromatic nitrogens is 5. The number of carbonyl (C=O) groups excluding carboxylic acids is 5. The average molecular weight is 1160 g/mol. The Labute approximate surface area is 451 Å². The molecule has 0 bridgehead atoms. The van der Waals surface area contributed by atoms with Crippen LogP contribution in [0.5, 0.6) is 0 Å². The number of phosphoric acid groups is 2. The minimum atomic E-state index is -5.71. The zero-order valence-corrected chi connectivity index (χ0v) is 45.0. The number of thioether (sulfide) groups is 1. The fourth-order valence-corrected chi connectivity index (χ4v) is 12.8. The van der Waals surface area contributed by atoms with E-state index in [1.807, 2.05) is 11.8 Å². The van der Waals surface area contributed by atoms with Gasteiger partial charge in [0.1, 0.15) is 42.4 Å². The summed E-state index contributed by atoms with van der Waals surface area (Å²) in [6, 6.07) is 3.10. The molecule has 0 radical (unpaired) electrons. The number of imidazole rings is 1. The Hall–Kier alpha value is -4.98. The number of anilines is 1. The Morgan fingerprint density at radius 2 is 1.46 bits per heavy atom. The molecule has 30 nitrogen and oxygen atoms in total. The molecule has 7 rings (SSSR count). The topological polar surface area (TPSA) is 436 Å². The summed E-state index contributed by atoms with van der Waals surface area (Å²) in [4.78, 5) is 95.6. The second-order valence-electron chi connectivity index (χ2n) is 19.1. The summed E-state index contributed by atoms with van der Waals surface area (Å²) in [5, 5.41) is 60.7. The van der Waals surface area contributed by atoms with Crippen LogP contribution >= 0.6 is 27.4 Å². The highest BCUT2D eigenvalue weighted by Gasteiger charge is 2.50. The molecule has 4 aliphatic rings. The fraction of sp³-hybridized carbons (Fsp3) is 0.667. The van der Waals surface area contributed by atoms with Crippen molar-refractivity contribution in [3.63, 3.8) is 0 Å². The van der Waals surface area contributed by atoms with E-state index >= 15 is 0 Å². The van der Waals surface area contributed by atoms with Crippen LogP contribution in [-0.4, -0.2) is 174 Å². The first kappa shape index (κ1) is 60.7. The van der Waals surface area contributed by atoms with Crippen molar-refractivity contribution in [1.82, 2.24) is 46.1 Å². The monoisotopic (exact) mass is 1160 g/mol. The normalized spacial score (nSPS) is 27.1. The van der Waals surface area contributed by atoms with E-state index in [-0.39, 0.29) is 77.9 Å². The first-order valence-corrected chi connectivity index (χ1v) is 29.7. The van der Waals surface area contributed by atoms with Crippen LogP contribution in [0.25, 0.3) is 11.2 Å². The van der Waals surface area contributed by atoms with Gasteiger partial charge in [-0.3, -0.25) is 32.8 Å². The number of aliphatic hydroxyl groups excluding tert-OH is 4. The molecule has 3 aromatic rings. The van der Waals surface area contributed by atoms with Crippen molar-refractivity contribution in [3.05, 3.63) is 42.7 Å². The molecule has 3 aromatic heterocycles. The summed E-state index contributed by atoms with van der Waals surface area (Å²) in [6.07, 6.45) is 0.900. The Bertz CT molecular complexity index is 2650. The number of ether oxygens (including phenoxy) is 2. The van der Waals surface area contributed by atoms with Crippen molar-refractivity contribution in [1.29, 1.82) is 0 Å². The molecule has 4 saturated heterocycles. The number of hydrogen-bond donors (Lipinski definition) is 12. The number of fused-ring (bicyclic) bond motifs is 2. The van der Waals surface area contributed by atoms with Gasteiger partial charge in [0, 0.05) is 62.5 Å². The lowest BCUT2D eigenvalue weighted by Gasteiger charge is -2.26. The summed E-state index contributed by atoms with van der Waals surface area (Å²) < 4.78 is 52.6. The maximum Gasteiger partial charge on any atom is 0.478 e. The average Bonchev–Trinajstić information content (AvgIpc) is 4.35. The van der Waals surface area contributed by atoms with Gasteiger partial charge in [0.2, 0.25) is 17.7 Å². The molecular formula is C45H68N12O18P2S. The number of phosphoric ester groups is 2. The van der Waals surface area contributed by atoms with Crippen LogP contribution in [0.1, 0.15) is 99.9 Å². The van der Waals surface area contributed by atoms with E-state index in [4.69, 9.17) is 24.3 Å². The predicted molar refractivity (Wildman–Crippen MR) is 271 cm³/mol. The third-order valence-corrected chi connectivity index (χ3v) is 17.4. The molecule has 6 amide bonds. The minimum Gasteiger partial charge on any atom is -0.756 e. The van der Waals surface area contributed by atoms with E-state index < -0.39 is 83.8 Å². The van der Waals surface area contributed by atoms with Gasteiger partial charge >= 0.3 is 13.9 Å². The van der Waals surface area contributed by atoms with Crippen LogP contribution in [0.2, 0.25) is 0 Å². The molecular weight excluding hydrogens is 1090 g/mol. The first-order valence-electron chi connectivity index (χ1n) is 25.7. The molecule has 13 atom stereocenters. The smallest absolute Gasteiger partial charge is 0.478 e. The van der Waals surface area contributed by atoms with Gasteiger partial charge in [-0.2, -0.15) is 16.3 Å². The molecule has 432 valence electrons. The van der Waals surface area contributed by atoms with E-state index in [0.717, 1.165) is 57.1 Å². The molecule has 7 heterocycles. The van der Waals surface area contributed by atoms with Crippen molar-refractivity contribution >= 4 is 74.0 Å². The molecule has 0 saturated carbocycles. The molecule has 0 aromatic carbocycles. The standard InChI is InChI=1S/C45H68N12O18P2S/c46-40(65)26-10-9-19-56(20-26)43-38(63)36(61)28(73-43)21-71-76(67,68)75-77(69,70)72-22-29-37(62)39(64)44(74-29)57-25-53-35-41(51-24-52-42(35)57)50-18-17-49-33(60)13-4-2-8-15-47-31(58)12-3-1-7-16-48-32(59)14-6-5-11-30-34-27(23-78-30)54-45(66)55-34/h9-10,19-20,24-25,27-30,34,36-39,43-44,61-64H,1-8,11-18,21-23H2,(H9-,46,47,48,49,50,51,52,54,55,58,59,60,65,66,67,68,69,70). The van der Waals surface area contributed by atoms with Gasteiger partial charge in [0.15, 0.2) is 41.7 Å². The van der Waals surface area contributed by atoms with Gasteiger partial charge in [0.25, 0.3) is 20.0 Å². The number of urea groups is 1. The number of amides is 6. The Kier molecular flexibility index (Phi) is 22.1. The van der Waals surface area contributed by atoms with Crippen LogP contribution in [0.3, 0.4) is 0 Å². The maximum atomic E-state index is 12.6. The number of nitrogens with one attached hydrogen (secondary N) is 6.